The van der Waals surface area contributed by atoms with Gasteiger partial charge in [0.05, 0.1) is 6.20 Å². The van der Waals surface area contributed by atoms with Crippen molar-refractivity contribution in [1.82, 2.24) is 9.97 Å². The summed E-state index contributed by atoms with van der Waals surface area (Å²) in [6.07, 6.45) is 3.92. The second kappa shape index (κ2) is 4.35. The second-order valence-electron chi connectivity index (χ2n) is 4.10. The summed E-state index contributed by atoms with van der Waals surface area (Å²) in [4.78, 5) is 8.58. The van der Waals surface area contributed by atoms with Crippen LogP contribution in [0.4, 0.5) is 0 Å². The Bertz CT molecular complexity index is 267. The summed E-state index contributed by atoms with van der Waals surface area (Å²) in [7, 11) is 0. The minimum atomic E-state index is 0.392. The van der Waals surface area contributed by atoms with Gasteiger partial charge in [-0.1, -0.05) is 27.7 Å². The molecule has 0 unspecified atom stereocenters. The average molecular weight is 177 g/mol. The van der Waals surface area contributed by atoms with Gasteiger partial charge < -0.3 is 0 Å². The first kappa shape index (κ1) is 10.2. The quantitative estimate of drug-likeness (QED) is 0.709. The minimum absolute atomic E-state index is 0.392. The molecule has 0 spiro atoms. The molecule has 1 heterocycles. The van der Waals surface area contributed by atoms with Crippen LogP contribution in [-0.2, 0) is 6.42 Å². The molecule has 0 bridgehead atoms. The molecule has 0 aromatic carbocycles. The topological polar surface area (TPSA) is 25.8 Å². The minimum Gasteiger partial charge on any atom is -0.238 e. The zero-order valence-electron chi connectivity index (χ0n) is 8.83. The van der Waals surface area contributed by atoms with Crippen molar-refractivity contribution in [3.8, 4) is 0 Å². The van der Waals surface area contributed by atoms with Gasteiger partial charge in [-0.05, 0) is 18.4 Å². The Hall–Kier alpha value is -0.920. The molecule has 1 aromatic heterocycles. The summed E-state index contributed by atoms with van der Waals surface area (Å²) in [5.74, 6) is 1.94. The van der Waals surface area contributed by atoms with Crippen molar-refractivity contribution in [2.75, 3.05) is 0 Å². The number of hydrogen-bond acceptors (Lipinski definition) is 2. The molecule has 0 aliphatic rings. The molecule has 13 heavy (non-hydrogen) atoms. The van der Waals surface area contributed by atoms with Gasteiger partial charge in [-0.25, -0.2) is 9.97 Å². The highest BCUT2D eigenvalue weighted by Crippen LogP contribution is 2.10. The average Bonchev–Trinajstić information content (AvgIpc) is 2.03. The molecule has 1 rings (SSSR count). The maximum atomic E-state index is 4.47. The highest BCUT2D eigenvalue weighted by molar-refractivity contribution is 5.04. The van der Waals surface area contributed by atoms with E-state index in [2.05, 4.69) is 43.9 Å². The van der Waals surface area contributed by atoms with Crippen molar-refractivity contribution in [3.05, 3.63) is 23.8 Å². The smallest absolute Gasteiger partial charge is 0.131 e. The predicted octanol–water partition coefficient (Wildman–Crippen LogP) is 2.60. The maximum Gasteiger partial charge on any atom is 0.131 e. The van der Waals surface area contributed by atoms with Crippen molar-refractivity contribution in [3.63, 3.8) is 0 Å². The lowest BCUT2D eigenvalue weighted by atomic mass is 10.1. The van der Waals surface area contributed by atoms with Gasteiger partial charge in [-0.2, -0.15) is 0 Å². The van der Waals surface area contributed by atoms with Gasteiger partial charge >= 0.3 is 0 Å². The van der Waals surface area contributed by atoms with E-state index in [0.717, 1.165) is 17.9 Å². The van der Waals surface area contributed by atoms with Crippen LogP contribution in [0.2, 0.25) is 0 Å². The molecule has 71 valence electrons. The molecule has 0 saturated heterocycles. The SMILES string of the molecule is CC(C)Cc1c[c]nc(C(C)C)n1. The maximum absolute atomic E-state index is 4.47. The lowest BCUT2D eigenvalue weighted by molar-refractivity contribution is 0.625. The van der Waals surface area contributed by atoms with E-state index in [1.807, 2.05) is 6.07 Å². The molecular weight excluding hydrogens is 160 g/mol. The van der Waals surface area contributed by atoms with Crippen LogP contribution in [0.5, 0.6) is 0 Å². The van der Waals surface area contributed by atoms with E-state index in [1.165, 1.54) is 0 Å². The second-order valence-corrected chi connectivity index (χ2v) is 4.10. The van der Waals surface area contributed by atoms with Crippen LogP contribution in [0.25, 0.3) is 0 Å². The summed E-state index contributed by atoms with van der Waals surface area (Å²) in [5.41, 5.74) is 1.11. The third-order valence-electron chi connectivity index (χ3n) is 1.80. The number of hydrogen-bond donors (Lipinski definition) is 0. The first-order valence-electron chi connectivity index (χ1n) is 4.83. The Morgan fingerprint density at radius 2 is 2.00 bits per heavy atom. The molecule has 0 aliphatic carbocycles. The van der Waals surface area contributed by atoms with Crippen LogP contribution in [0.1, 0.15) is 45.1 Å². The number of rotatable bonds is 3. The summed E-state index contributed by atoms with van der Waals surface area (Å²) in [5, 5.41) is 0. The van der Waals surface area contributed by atoms with E-state index in [9.17, 15) is 0 Å². The van der Waals surface area contributed by atoms with Gasteiger partial charge in [0.25, 0.3) is 0 Å². The molecule has 0 atom stereocenters. The largest absolute Gasteiger partial charge is 0.238 e. The lowest BCUT2D eigenvalue weighted by Crippen LogP contribution is -2.03. The summed E-state index contributed by atoms with van der Waals surface area (Å²) in [6, 6.07) is 1.88. The molecule has 2 heteroatoms. The highest BCUT2D eigenvalue weighted by Gasteiger charge is 2.04. The Balaban J connectivity index is 2.79. The summed E-state index contributed by atoms with van der Waals surface area (Å²) >= 11 is 0. The van der Waals surface area contributed by atoms with Crippen molar-refractivity contribution in [2.45, 2.75) is 40.0 Å². The third-order valence-corrected chi connectivity index (χ3v) is 1.80. The Morgan fingerprint density at radius 1 is 1.31 bits per heavy atom. The first-order valence-corrected chi connectivity index (χ1v) is 4.83. The normalized spacial score (nSPS) is 11.2. The zero-order valence-corrected chi connectivity index (χ0v) is 8.83. The standard InChI is InChI=1S/C11H17N2/c1-8(2)7-10-5-6-12-11(13-10)9(3)4/h5,8-9H,7H2,1-4H3. The molecule has 2 nitrogen and oxygen atoms in total. The molecule has 1 radical (unpaired) electrons. The fourth-order valence-corrected chi connectivity index (χ4v) is 1.16. The Morgan fingerprint density at radius 3 is 2.54 bits per heavy atom. The molecule has 0 amide bonds. The van der Waals surface area contributed by atoms with Gasteiger partial charge in [0.2, 0.25) is 0 Å². The van der Waals surface area contributed by atoms with E-state index in [-0.39, 0.29) is 0 Å². The van der Waals surface area contributed by atoms with Crippen molar-refractivity contribution >= 4 is 0 Å². The summed E-state index contributed by atoms with van der Waals surface area (Å²) < 4.78 is 0. The van der Waals surface area contributed by atoms with Crippen LogP contribution >= 0.6 is 0 Å². The van der Waals surface area contributed by atoms with Gasteiger partial charge in [-0.3, -0.25) is 0 Å². The van der Waals surface area contributed by atoms with E-state index in [0.29, 0.717) is 11.8 Å². The van der Waals surface area contributed by atoms with E-state index >= 15 is 0 Å². The molecular formula is C11H17N2. The number of nitrogens with zero attached hydrogens (tertiary/aromatic N) is 2. The third kappa shape index (κ3) is 3.13. The fraction of sp³-hybridized carbons (Fsp3) is 0.636. The molecule has 0 saturated carbocycles. The monoisotopic (exact) mass is 177 g/mol. The van der Waals surface area contributed by atoms with Crippen molar-refractivity contribution < 1.29 is 0 Å². The number of aromatic nitrogens is 2. The van der Waals surface area contributed by atoms with Gasteiger partial charge in [0.15, 0.2) is 0 Å². The Labute approximate surface area is 80.4 Å². The Kier molecular flexibility index (Phi) is 3.40. The van der Waals surface area contributed by atoms with E-state index in [1.54, 1.807) is 0 Å². The van der Waals surface area contributed by atoms with Crippen molar-refractivity contribution in [1.29, 1.82) is 0 Å². The fourth-order valence-electron chi connectivity index (χ4n) is 1.16. The van der Waals surface area contributed by atoms with E-state index in [4.69, 9.17) is 0 Å². The van der Waals surface area contributed by atoms with Crippen molar-refractivity contribution in [2.24, 2.45) is 5.92 Å². The predicted molar refractivity (Wildman–Crippen MR) is 53.5 cm³/mol. The highest BCUT2D eigenvalue weighted by atomic mass is 14.9. The summed E-state index contributed by atoms with van der Waals surface area (Å²) in [6.45, 7) is 8.58. The molecule has 0 fully saturated rings. The van der Waals surface area contributed by atoms with Crippen LogP contribution in [0, 0.1) is 12.1 Å². The molecule has 1 aromatic rings. The van der Waals surface area contributed by atoms with Crippen LogP contribution in [0.3, 0.4) is 0 Å². The molecule has 0 aliphatic heterocycles. The molecule has 0 N–H and O–H groups in total. The lowest BCUT2D eigenvalue weighted by Gasteiger charge is -2.07. The van der Waals surface area contributed by atoms with E-state index < -0.39 is 0 Å². The van der Waals surface area contributed by atoms with Crippen LogP contribution in [-0.4, -0.2) is 9.97 Å². The van der Waals surface area contributed by atoms with Gasteiger partial charge in [0, 0.05) is 11.6 Å². The van der Waals surface area contributed by atoms with Crippen LogP contribution < -0.4 is 0 Å². The zero-order chi connectivity index (χ0) is 9.84. The van der Waals surface area contributed by atoms with Crippen LogP contribution in [0.15, 0.2) is 6.07 Å². The van der Waals surface area contributed by atoms with Gasteiger partial charge in [-0.15, -0.1) is 0 Å². The first-order chi connectivity index (χ1) is 6.09. The van der Waals surface area contributed by atoms with Gasteiger partial charge in [0.1, 0.15) is 5.82 Å².